The monoisotopic (exact) mass is 256 g/mol. The third kappa shape index (κ3) is 3.91. The number of halogens is 1. The first-order valence-electron chi connectivity index (χ1n) is 5.34. The van der Waals surface area contributed by atoms with Gasteiger partial charge in [0.2, 0.25) is 0 Å². The van der Waals surface area contributed by atoms with Crippen LogP contribution in [0, 0.1) is 0 Å². The number of hydrogen-bond donors (Lipinski definition) is 3. The van der Waals surface area contributed by atoms with Crippen molar-refractivity contribution in [2.45, 2.75) is 25.8 Å². The van der Waals surface area contributed by atoms with Gasteiger partial charge >= 0.3 is 0 Å². The number of benzene rings is 1. The Morgan fingerprint density at radius 1 is 1.53 bits per heavy atom. The van der Waals surface area contributed by atoms with Gasteiger partial charge in [0, 0.05) is 17.8 Å². The second kappa shape index (κ2) is 5.38. The van der Waals surface area contributed by atoms with Crippen LogP contribution in [0.1, 0.15) is 30.6 Å². The second-order valence-corrected chi connectivity index (χ2v) is 4.96. The molecule has 4 N–H and O–H groups in total. The standard InChI is InChI=1S/C12H17ClN2O2/c1-12(2,5-6-16)15-11(17)9-4-3-8(14)7-10(9)13/h3-4,7,16H,5-6,14H2,1-2H3,(H,15,17). The van der Waals surface area contributed by atoms with Crippen molar-refractivity contribution in [3.05, 3.63) is 28.8 Å². The summed E-state index contributed by atoms with van der Waals surface area (Å²) in [5, 5.41) is 12.0. The van der Waals surface area contributed by atoms with E-state index in [1.807, 2.05) is 13.8 Å². The fourth-order valence-corrected chi connectivity index (χ4v) is 1.71. The molecule has 0 fully saturated rings. The summed E-state index contributed by atoms with van der Waals surface area (Å²) < 4.78 is 0. The first kappa shape index (κ1) is 13.8. The third-order valence-electron chi connectivity index (χ3n) is 2.43. The summed E-state index contributed by atoms with van der Waals surface area (Å²) in [4.78, 5) is 11.9. The fraction of sp³-hybridized carbons (Fsp3) is 0.417. The van der Waals surface area contributed by atoms with Crippen molar-refractivity contribution >= 4 is 23.2 Å². The minimum absolute atomic E-state index is 0.0166. The van der Waals surface area contributed by atoms with E-state index in [-0.39, 0.29) is 12.5 Å². The minimum atomic E-state index is -0.476. The first-order chi connectivity index (χ1) is 7.85. The number of rotatable bonds is 4. The molecule has 0 aliphatic carbocycles. The van der Waals surface area contributed by atoms with E-state index < -0.39 is 5.54 Å². The first-order valence-corrected chi connectivity index (χ1v) is 5.72. The molecule has 1 aromatic carbocycles. The maximum absolute atomic E-state index is 11.9. The number of carbonyl (C=O) groups excluding carboxylic acids is 1. The lowest BCUT2D eigenvalue weighted by atomic mass is 10.0. The highest BCUT2D eigenvalue weighted by Gasteiger charge is 2.21. The van der Waals surface area contributed by atoms with Crippen LogP contribution in [-0.2, 0) is 0 Å². The predicted octanol–water partition coefficient (Wildman–Crippen LogP) is 1.81. The zero-order valence-corrected chi connectivity index (χ0v) is 10.7. The number of nitrogen functional groups attached to an aromatic ring is 1. The third-order valence-corrected chi connectivity index (χ3v) is 2.74. The molecule has 0 unspecified atom stereocenters. The van der Waals surface area contributed by atoms with Gasteiger partial charge in [-0.25, -0.2) is 0 Å². The molecular formula is C12H17ClN2O2. The van der Waals surface area contributed by atoms with E-state index in [1.165, 1.54) is 6.07 Å². The zero-order valence-electron chi connectivity index (χ0n) is 9.96. The Morgan fingerprint density at radius 3 is 2.71 bits per heavy atom. The van der Waals surface area contributed by atoms with Gasteiger partial charge in [-0.15, -0.1) is 0 Å². The molecule has 4 nitrogen and oxygen atoms in total. The Hall–Kier alpha value is -1.26. The Morgan fingerprint density at radius 2 is 2.18 bits per heavy atom. The van der Waals surface area contributed by atoms with E-state index >= 15 is 0 Å². The Bertz CT molecular complexity index is 419. The highest BCUT2D eigenvalue weighted by atomic mass is 35.5. The topological polar surface area (TPSA) is 75.3 Å². The van der Waals surface area contributed by atoms with Crippen LogP contribution in [0.25, 0.3) is 0 Å². The number of nitrogens with two attached hydrogens (primary N) is 1. The van der Waals surface area contributed by atoms with E-state index in [2.05, 4.69) is 5.32 Å². The molecule has 0 aliphatic heterocycles. The molecule has 0 saturated carbocycles. The molecule has 0 saturated heterocycles. The van der Waals surface area contributed by atoms with Gasteiger partial charge in [-0.05, 0) is 38.5 Å². The average Bonchev–Trinajstić information content (AvgIpc) is 2.15. The molecule has 0 bridgehead atoms. The van der Waals surface area contributed by atoms with Gasteiger partial charge in [0.25, 0.3) is 5.91 Å². The normalized spacial score (nSPS) is 11.3. The van der Waals surface area contributed by atoms with Crippen LogP contribution in [0.4, 0.5) is 5.69 Å². The van der Waals surface area contributed by atoms with E-state index in [4.69, 9.17) is 22.4 Å². The number of aliphatic hydroxyl groups is 1. The van der Waals surface area contributed by atoms with Crippen molar-refractivity contribution in [2.75, 3.05) is 12.3 Å². The van der Waals surface area contributed by atoms with Gasteiger partial charge < -0.3 is 16.2 Å². The smallest absolute Gasteiger partial charge is 0.253 e. The highest BCUT2D eigenvalue weighted by Crippen LogP contribution is 2.20. The molecule has 0 atom stereocenters. The van der Waals surface area contributed by atoms with E-state index in [0.717, 1.165) is 0 Å². The number of anilines is 1. The summed E-state index contributed by atoms with van der Waals surface area (Å²) in [7, 11) is 0. The lowest BCUT2D eigenvalue weighted by Gasteiger charge is -2.25. The summed E-state index contributed by atoms with van der Waals surface area (Å²) in [5.41, 5.74) is 5.97. The molecule has 0 spiro atoms. The van der Waals surface area contributed by atoms with Gasteiger partial charge in [0.1, 0.15) is 0 Å². The van der Waals surface area contributed by atoms with Crippen LogP contribution < -0.4 is 11.1 Å². The van der Waals surface area contributed by atoms with Crippen LogP contribution in [-0.4, -0.2) is 23.2 Å². The largest absolute Gasteiger partial charge is 0.399 e. The van der Waals surface area contributed by atoms with Gasteiger partial charge in [0.05, 0.1) is 10.6 Å². The molecule has 1 aromatic rings. The van der Waals surface area contributed by atoms with Crippen molar-refractivity contribution in [3.63, 3.8) is 0 Å². The number of nitrogens with one attached hydrogen (secondary N) is 1. The Balaban J connectivity index is 2.83. The average molecular weight is 257 g/mol. The molecule has 94 valence electrons. The maximum Gasteiger partial charge on any atom is 0.253 e. The van der Waals surface area contributed by atoms with Crippen molar-refractivity contribution in [1.82, 2.24) is 5.32 Å². The van der Waals surface area contributed by atoms with Gasteiger partial charge in [-0.3, -0.25) is 4.79 Å². The van der Waals surface area contributed by atoms with Crippen LogP contribution in [0.3, 0.4) is 0 Å². The number of amides is 1. The SMILES string of the molecule is CC(C)(CCO)NC(=O)c1ccc(N)cc1Cl. The van der Waals surface area contributed by atoms with Gasteiger partial charge in [-0.1, -0.05) is 11.6 Å². The highest BCUT2D eigenvalue weighted by molar-refractivity contribution is 6.34. The lowest BCUT2D eigenvalue weighted by Crippen LogP contribution is -2.44. The van der Waals surface area contributed by atoms with E-state index in [1.54, 1.807) is 12.1 Å². The molecule has 0 aliphatic rings. The fourth-order valence-electron chi connectivity index (χ4n) is 1.43. The van der Waals surface area contributed by atoms with Crippen molar-refractivity contribution < 1.29 is 9.90 Å². The summed E-state index contributed by atoms with van der Waals surface area (Å²) >= 11 is 5.94. The minimum Gasteiger partial charge on any atom is -0.399 e. The molecule has 0 aromatic heterocycles. The van der Waals surface area contributed by atoms with Gasteiger partial charge in [-0.2, -0.15) is 0 Å². The molecule has 1 amide bonds. The zero-order chi connectivity index (χ0) is 13.1. The molecule has 1 rings (SSSR count). The van der Waals surface area contributed by atoms with E-state index in [9.17, 15) is 4.79 Å². The summed E-state index contributed by atoms with van der Waals surface area (Å²) in [6, 6.07) is 4.75. The van der Waals surface area contributed by atoms with Crippen molar-refractivity contribution in [2.24, 2.45) is 0 Å². The Kier molecular flexibility index (Phi) is 4.37. The second-order valence-electron chi connectivity index (χ2n) is 4.55. The van der Waals surface area contributed by atoms with Crippen LogP contribution in [0.15, 0.2) is 18.2 Å². The molecule has 0 radical (unpaired) electrons. The predicted molar refractivity (Wildman–Crippen MR) is 69.1 cm³/mol. The number of hydrogen-bond acceptors (Lipinski definition) is 3. The van der Waals surface area contributed by atoms with E-state index in [0.29, 0.717) is 22.7 Å². The van der Waals surface area contributed by atoms with Crippen molar-refractivity contribution in [3.8, 4) is 0 Å². The molecular weight excluding hydrogens is 240 g/mol. The molecule has 17 heavy (non-hydrogen) atoms. The van der Waals surface area contributed by atoms with Crippen LogP contribution in [0.2, 0.25) is 5.02 Å². The van der Waals surface area contributed by atoms with Crippen LogP contribution in [0.5, 0.6) is 0 Å². The summed E-state index contributed by atoms with van der Waals surface area (Å²) in [5.74, 6) is -0.270. The quantitative estimate of drug-likeness (QED) is 0.720. The molecule has 5 heteroatoms. The van der Waals surface area contributed by atoms with Crippen molar-refractivity contribution in [1.29, 1.82) is 0 Å². The summed E-state index contributed by atoms with van der Waals surface area (Å²) in [6.07, 6.45) is 0.478. The maximum atomic E-state index is 11.9. The molecule has 0 heterocycles. The van der Waals surface area contributed by atoms with Crippen LogP contribution >= 0.6 is 11.6 Å². The summed E-state index contributed by atoms with van der Waals surface area (Å²) in [6.45, 7) is 3.70. The number of aliphatic hydroxyl groups excluding tert-OH is 1. The Labute approximate surface area is 106 Å². The number of carbonyl (C=O) groups is 1. The van der Waals surface area contributed by atoms with Gasteiger partial charge in [0.15, 0.2) is 0 Å². The lowest BCUT2D eigenvalue weighted by molar-refractivity contribution is 0.0899.